The molecule has 2 aromatic heterocycles. The molecule has 0 radical (unpaired) electrons. The SMILES string of the molecule is CCCn1c2ccccc2c2cnn(CC(=O)Nc3cccc(SC)c3)c(=O)c21. The van der Waals surface area contributed by atoms with E-state index in [4.69, 9.17) is 0 Å². The van der Waals surface area contributed by atoms with Gasteiger partial charge in [-0.2, -0.15) is 5.10 Å². The average Bonchev–Trinajstić information content (AvgIpc) is 3.05. The van der Waals surface area contributed by atoms with Gasteiger partial charge in [-0.05, 0) is 36.9 Å². The molecule has 0 fully saturated rings. The number of benzene rings is 2. The third kappa shape index (κ3) is 3.65. The van der Waals surface area contributed by atoms with Gasteiger partial charge in [0.1, 0.15) is 12.1 Å². The van der Waals surface area contributed by atoms with Crippen LogP contribution in [-0.4, -0.2) is 26.5 Å². The van der Waals surface area contributed by atoms with E-state index >= 15 is 0 Å². The molecule has 7 heteroatoms. The Morgan fingerprint density at radius 3 is 2.76 bits per heavy atom. The summed E-state index contributed by atoms with van der Waals surface area (Å²) in [5, 5.41) is 8.95. The number of hydrogen-bond acceptors (Lipinski definition) is 4. The van der Waals surface area contributed by atoms with E-state index in [-0.39, 0.29) is 18.0 Å². The molecule has 0 bridgehead atoms. The number of carbonyl (C=O) groups excluding carboxylic acids is 1. The highest BCUT2D eigenvalue weighted by atomic mass is 32.2. The van der Waals surface area contributed by atoms with Gasteiger partial charge in [0.15, 0.2) is 0 Å². The summed E-state index contributed by atoms with van der Waals surface area (Å²) in [7, 11) is 0. The van der Waals surface area contributed by atoms with Gasteiger partial charge in [-0.25, -0.2) is 4.68 Å². The van der Waals surface area contributed by atoms with Crippen LogP contribution >= 0.6 is 11.8 Å². The molecule has 0 aliphatic rings. The third-order valence-electron chi connectivity index (χ3n) is 4.87. The normalized spacial score (nSPS) is 11.2. The number of carbonyl (C=O) groups is 1. The molecule has 4 aromatic rings. The van der Waals surface area contributed by atoms with Crippen LogP contribution in [0, 0.1) is 0 Å². The number of hydrogen-bond donors (Lipinski definition) is 1. The number of nitrogens with zero attached hydrogens (tertiary/aromatic N) is 3. The molecule has 0 atom stereocenters. The van der Waals surface area contributed by atoms with E-state index in [1.165, 1.54) is 4.68 Å². The molecular formula is C22H22N4O2S. The first-order valence-corrected chi connectivity index (χ1v) is 10.8. The second-order valence-corrected chi connectivity index (χ2v) is 7.70. The number of rotatable bonds is 6. The van der Waals surface area contributed by atoms with Crippen LogP contribution in [0.25, 0.3) is 21.8 Å². The van der Waals surface area contributed by atoms with Gasteiger partial charge in [0.25, 0.3) is 5.56 Å². The summed E-state index contributed by atoms with van der Waals surface area (Å²) in [6.45, 7) is 2.68. The zero-order valence-electron chi connectivity index (χ0n) is 16.4. The van der Waals surface area contributed by atoms with Gasteiger partial charge in [-0.3, -0.25) is 9.59 Å². The average molecular weight is 407 g/mol. The molecule has 2 heterocycles. The first kappa shape index (κ1) is 19.3. The highest BCUT2D eigenvalue weighted by molar-refractivity contribution is 7.98. The fraction of sp³-hybridized carbons (Fsp3) is 0.227. The quantitative estimate of drug-likeness (QED) is 0.489. The maximum Gasteiger partial charge on any atom is 0.291 e. The Morgan fingerprint density at radius 2 is 1.97 bits per heavy atom. The maximum absolute atomic E-state index is 13.2. The lowest BCUT2D eigenvalue weighted by Crippen LogP contribution is -2.30. The summed E-state index contributed by atoms with van der Waals surface area (Å²) >= 11 is 1.60. The van der Waals surface area contributed by atoms with Crippen molar-refractivity contribution < 1.29 is 4.79 Å². The summed E-state index contributed by atoms with van der Waals surface area (Å²) in [4.78, 5) is 26.8. The second kappa shape index (κ2) is 8.13. The molecule has 6 nitrogen and oxygen atoms in total. The van der Waals surface area contributed by atoms with Gasteiger partial charge >= 0.3 is 0 Å². The van der Waals surface area contributed by atoms with Crippen molar-refractivity contribution in [3.05, 3.63) is 65.1 Å². The van der Waals surface area contributed by atoms with Crippen molar-refractivity contribution in [3.8, 4) is 0 Å². The molecule has 1 N–H and O–H groups in total. The van der Waals surface area contributed by atoms with E-state index in [1.807, 2.05) is 59.4 Å². The van der Waals surface area contributed by atoms with Crippen molar-refractivity contribution in [2.45, 2.75) is 31.3 Å². The molecule has 1 amide bonds. The van der Waals surface area contributed by atoms with Gasteiger partial charge in [-0.1, -0.05) is 31.2 Å². The lowest BCUT2D eigenvalue weighted by Gasteiger charge is -2.09. The van der Waals surface area contributed by atoms with Gasteiger partial charge in [0.2, 0.25) is 5.91 Å². The minimum atomic E-state index is -0.282. The summed E-state index contributed by atoms with van der Waals surface area (Å²) < 4.78 is 3.27. The predicted molar refractivity (Wildman–Crippen MR) is 119 cm³/mol. The number of amides is 1. The number of aromatic nitrogens is 3. The third-order valence-corrected chi connectivity index (χ3v) is 5.59. The van der Waals surface area contributed by atoms with Crippen LogP contribution in [0.3, 0.4) is 0 Å². The Bertz CT molecular complexity index is 1260. The van der Waals surface area contributed by atoms with Crippen molar-refractivity contribution in [1.29, 1.82) is 0 Å². The Kier molecular flexibility index (Phi) is 5.40. The van der Waals surface area contributed by atoms with Crippen molar-refractivity contribution >= 4 is 45.2 Å². The van der Waals surface area contributed by atoms with Crippen molar-refractivity contribution in [2.75, 3.05) is 11.6 Å². The highest BCUT2D eigenvalue weighted by Crippen LogP contribution is 2.26. The zero-order valence-corrected chi connectivity index (χ0v) is 17.2. The van der Waals surface area contributed by atoms with Crippen LogP contribution < -0.4 is 10.9 Å². The highest BCUT2D eigenvalue weighted by Gasteiger charge is 2.16. The first-order valence-electron chi connectivity index (χ1n) is 9.53. The fourth-order valence-corrected chi connectivity index (χ4v) is 4.06. The van der Waals surface area contributed by atoms with E-state index in [2.05, 4.69) is 17.3 Å². The van der Waals surface area contributed by atoms with Crippen molar-refractivity contribution in [2.24, 2.45) is 0 Å². The van der Waals surface area contributed by atoms with Crippen LogP contribution in [0.5, 0.6) is 0 Å². The Balaban J connectivity index is 1.70. The Labute approximate surface area is 172 Å². The van der Waals surface area contributed by atoms with E-state index in [1.54, 1.807) is 18.0 Å². The minimum Gasteiger partial charge on any atom is -0.336 e. The smallest absolute Gasteiger partial charge is 0.291 e. The summed E-state index contributed by atoms with van der Waals surface area (Å²) in [6, 6.07) is 15.5. The molecule has 29 heavy (non-hydrogen) atoms. The maximum atomic E-state index is 13.2. The predicted octanol–water partition coefficient (Wildman–Crippen LogP) is 4.12. The van der Waals surface area contributed by atoms with Crippen LogP contribution in [0.4, 0.5) is 5.69 Å². The van der Waals surface area contributed by atoms with E-state index < -0.39 is 0 Å². The van der Waals surface area contributed by atoms with Crippen LogP contribution in [0.1, 0.15) is 13.3 Å². The van der Waals surface area contributed by atoms with Gasteiger partial charge in [0, 0.05) is 33.4 Å². The van der Waals surface area contributed by atoms with Gasteiger partial charge < -0.3 is 9.88 Å². The van der Waals surface area contributed by atoms with Crippen molar-refractivity contribution in [3.63, 3.8) is 0 Å². The molecule has 0 aliphatic carbocycles. The molecule has 4 rings (SSSR count). The van der Waals surface area contributed by atoms with Crippen LogP contribution in [-0.2, 0) is 17.9 Å². The molecule has 0 saturated heterocycles. The van der Waals surface area contributed by atoms with E-state index in [0.29, 0.717) is 11.2 Å². The first-order chi connectivity index (χ1) is 14.1. The number of nitrogens with one attached hydrogen (secondary N) is 1. The lowest BCUT2D eigenvalue weighted by atomic mass is 10.2. The zero-order chi connectivity index (χ0) is 20.4. The molecule has 2 aromatic carbocycles. The molecule has 0 saturated carbocycles. The van der Waals surface area contributed by atoms with Crippen LogP contribution in [0.15, 0.2) is 64.4 Å². The van der Waals surface area contributed by atoms with Gasteiger partial charge in [0.05, 0.1) is 6.20 Å². The molecule has 0 aliphatic heterocycles. The molecule has 0 spiro atoms. The van der Waals surface area contributed by atoms with Gasteiger partial charge in [-0.15, -0.1) is 11.8 Å². The number of fused-ring (bicyclic) bond motifs is 3. The van der Waals surface area contributed by atoms with E-state index in [9.17, 15) is 9.59 Å². The standard InChI is InChI=1S/C22H22N4O2S/c1-3-11-25-19-10-5-4-9-17(19)18-13-23-26(22(28)21(18)25)14-20(27)24-15-7-6-8-16(12-15)29-2/h4-10,12-13H,3,11,14H2,1-2H3,(H,24,27). The topological polar surface area (TPSA) is 68.9 Å². The number of para-hydroxylation sites is 1. The minimum absolute atomic E-state index is 0.133. The monoisotopic (exact) mass is 406 g/mol. The second-order valence-electron chi connectivity index (χ2n) is 6.82. The lowest BCUT2D eigenvalue weighted by molar-refractivity contribution is -0.117. The summed E-state index contributed by atoms with van der Waals surface area (Å²) in [5.74, 6) is -0.282. The largest absolute Gasteiger partial charge is 0.336 e. The molecular weight excluding hydrogens is 384 g/mol. The van der Waals surface area contributed by atoms with E-state index in [0.717, 1.165) is 34.2 Å². The summed E-state index contributed by atoms with van der Waals surface area (Å²) in [6.07, 6.45) is 4.57. The summed E-state index contributed by atoms with van der Waals surface area (Å²) in [5.41, 5.74) is 2.07. The number of aryl methyl sites for hydroxylation is 1. The molecule has 0 unspecified atom stereocenters. The Hall–Kier alpha value is -3.06. The Morgan fingerprint density at radius 1 is 1.14 bits per heavy atom. The number of thioether (sulfide) groups is 1. The molecule has 148 valence electrons. The number of anilines is 1. The fourth-order valence-electron chi connectivity index (χ4n) is 3.60. The van der Waals surface area contributed by atoms with Crippen molar-refractivity contribution in [1.82, 2.24) is 14.3 Å². The van der Waals surface area contributed by atoms with Crippen LogP contribution in [0.2, 0.25) is 0 Å².